The van der Waals surface area contributed by atoms with E-state index in [9.17, 15) is 13.2 Å². The van der Waals surface area contributed by atoms with Crippen molar-refractivity contribution in [2.45, 2.75) is 26.2 Å². The predicted molar refractivity (Wildman–Crippen MR) is 48.5 cm³/mol. The van der Waals surface area contributed by atoms with Gasteiger partial charge in [-0.15, -0.1) is 0 Å². The highest BCUT2D eigenvalue weighted by Crippen LogP contribution is 1.99. The van der Waals surface area contributed by atoms with E-state index in [0.29, 0.717) is 19.4 Å². The Morgan fingerprint density at radius 1 is 1.38 bits per heavy atom. The molecule has 0 amide bonds. The van der Waals surface area contributed by atoms with Gasteiger partial charge in [-0.05, 0) is 19.8 Å². The summed E-state index contributed by atoms with van der Waals surface area (Å²) < 4.78 is 25.6. The van der Waals surface area contributed by atoms with Crippen molar-refractivity contribution >= 4 is 16.0 Å². The van der Waals surface area contributed by atoms with E-state index in [1.807, 2.05) is 0 Å². The van der Waals surface area contributed by atoms with Crippen LogP contribution in [-0.2, 0) is 19.6 Å². The Kier molecular flexibility index (Phi) is 5.65. The van der Waals surface area contributed by atoms with Crippen LogP contribution in [-0.4, -0.2) is 26.7 Å². The fraction of sp³-hybridized carbons (Fsp3) is 0.857. The zero-order valence-electron chi connectivity index (χ0n) is 7.65. The summed E-state index contributed by atoms with van der Waals surface area (Å²) in [6, 6.07) is 0. The van der Waals surface area contributed by atoms with E-state index in [2.05, 4.69) is 4.74 Å². The van der Waals surface area contributed by atoms with E-state index in [-0.39, 0.29) is 18.1 Å². The van der Waals surface area contributed by atoms with Gasteiger partial charge in [-0.25, -0.2) is 13.6 Å². The minimum Gasteiger partial charge on any atom is -0.466 e. The number of nitrogens with two attached hydrogens (primary N) is 1. The monoisotopic (exact) mass is 209 g/mol. The Morgan fingerprint density at radius 2 is 2.00 bits per heavy atom. The minimum absolute atomic E-state index is 0.0770. The van der Waals surface area contributed by atoms with Gasteiger partial charge in [0.15, 0.2) is 0 Å². The Balaban J connectivity index is 3.41. The van der Waals surface area contributed by atoms with E-state index in [1.165, 1.54) is 0 Å². The van der Waals surface area contributed by atoms with Crippen molar-refractivity contribution in [1.82, 2.24) is 0 Å². The second-order valence-corrected chi connectivity index (χ2v) is 4.36. The molecule has 78 valence electrons. The molecule has 0 bridgehead atoms. The van der Waals surface area contributed by atoms with E-state index in [4.69, 9.17) is 5.14 Å². The maximum absolute atomic E-state index is 10.8. The molecule has 0 atom stereocenters. The molecule has 2 N–H and O–H groups in total. The van der Waals surface area contributed by atoms with Crippen LogP contribution in [0.3, 0.4) is 0 Å². The molecule has 0 fully saturated rings. The highest BCUT2D eigenvalue weighted by molar-refractivity contribution is 7.89. The molecule has 0 rings (SSSR count). The van der Waals surface area contributed by atoms with Crippen molar-refractivity contribution in [3.8, 4) is 0 Å². The van der Waals surface area contributed by atoms with Crippen molar-refractivity contribution in [2.24, 2.45) is 5.14 Å². The maximum atomic E-state index is 10.8. The Labute approximate surface area is 78.3 Å². The molecule has 0 aromatic heterocycles. The summed E-state index contributed by atoms with van der Waals surface area (Å²) in [4.78, 5) is 10.8. The Bertz CT molecular complexity index is 247. The first-order chi connectivity index (χ1) is 5.95. The molecule has 0 aromatic rings. The first-order valence-electron chi connectivity index (χ1n) is 4.12. The molecular formula is C7H15NO4S. The van der Waals surface area contributed by atoms with Crippen molar-refractivity contribution in [3.63, 3.8) is 0 Å². The van der Waals surface area contributed by atoms with Gasteiger partial charge in [0.05, 0.1) is 12.4 Å². The first kappa shape index (κ1) is 12.4. The van der Waals surface area contributed by atoms with Gasteiger partial charge in [-0.3, -0.25) is 4.79 Å². The molecule has 0 aromatic carbocycles. The lowest BCUT2D eigenvalue weighted by atomic mass is 10.2. The highest BCUT2D eigenvalue weighted by atomic mass is 32.2. The zero-order valence-corrected chi connectivity index (χ0v) is 8.47. The van der Waals surface area contributed by atoms with Crippen LogP contribution in [0.1, 0.15) is 26.2 Å². The summed E-state index contributed by atoms with van der Waals surface area (Å²) in [6.45, 7) is 2.08. The van der Waals surface area contributed by atoms with Gasteiger partial charge in [0.1, 0.15) is 0 Å². The summed E-state index contributed by atoms with van der Waals surface area (Å²) in [5, 5.41) is 4.77. The Hall–Kier alpha value is -0.620. The number of carbonyl (C=O) groups excluding carboxylic acids is 1. The van der Waals surface area contributed by atoms with Crippen LogP contribution in [0, 0.1) is 0 Å². The number of sulfonamides is 1. The number of primary sulfonamides is 1. The number of ether oxygens (including phenoxy) is 1. The third-order valence-corrected chi connectivity index (χ3v) is 2.22. The van der Waals surface area contributed by atoms with Gasteiger partial charge < -0.3 is 4.74 Å². The average molecular weight is 209 g/mol. The minimum atomic E-state index is -3.39. The molecular weight excluding hydrogens is 194 g/mol. The summed E-state index contributed by atoms with van der Waals surface area (Å²) in [7, 11) is -3.39. The number of unbranched alkanes of at least 4 members (excludes halogenated alkanes) is 1. The zero-order chi connectivity index (χ0) is 10.3. The molecule has 13 heavy (non-hydrogen) atoms. The lowest BCUT2D eigenvalue weighted by Crippen LogP contribution is -2.16. The Morgan fingerprint density at radius 3 is 2.46 bits per heavy atom. The van der Waals surface area contributed by atoms with Crippen molar-refractivity contribution in [3.05, 3.63) is 0 Å². The highest BCUT2D eigenvalue weighted by Gasteiger charge is 2.04. The topological polar surface area (TPSA) is 86.5 Å². The fourth-order valence-corrected chi connectivity index (χ4v) is 1.41. The number of esters is 1. The third kappa shape index (κ3) is 9.29. The SMILES string of the molecule is CCOC(=O)CCCCS(N)(=O)=O. The predicted octanol–water partition coefficient (Wildman–Crippen LogP) is 0.00830. The number of carbonyl (C=O) groups is 1. The maximum Gasteiger partial charge on any atom is 0.305 e. The molecule has 0 aliphatic heterocycles. The molecule has 5 nitrogen and oxygen atoms in total. The molecule has 0 unspecified atom stereocenters. The molecule has 0 radical (unpaired) electrons. The van der Waals surface area contributed by atoms with Crippen molar-refractivity contribution < 1.29 is 17.9 Å². The molecule has 0 aliphatic carbocycles. The summed E-state index contributed by atoms with van der Waals surface area (Å²) in [5.41, 5.74) is 0. The van der Waals surface area contributed by atoms with E-state index in [1.54, 1.807) is 6.92 Å². The van der Waals surface area contributed by atoms with Gasteiger partial charge in [-0.1, -0.05) is 0 Å². The standard InChI is InChI=1S/C7H15NO4S/c1-2-12-7(9)5-3-4-6-13(8,10)11/h2-6H2,1H3,(H2,8,10,11). The summed E-state index contributed by atoms with van der Waals surface area (Å²) >= 11 is 0. The molecule has 0 saturated carbocycles. The van der Waals surface area contributed by atoms with E-state index < -0.39 is 10.0 Å². The molecule has 0 spiro atoms. The molecule has 6 heteroatoms. The second kappa shape index (κ2) is 5.93. The summed E-state index contributed by atoms with van der Waals surface area (Å²) in [6.07, 6.45) is 1.15. The normalized spacial score (nSPS) is 11.2. The lowest BCUT2D eigenvalue weighted by molar-refractivity contribution is -0.143. The summed E-state index contributed by atoms with van der Waals surface area (Å²) in [5.74, 6) is -0.371. The molecule has 0 saturated heterocycles. The number of hydrogen-bond donors (Lipinski definition) is 1. The van der Waals surface area contributed by atoms with Crippen LogP contribution in [0.4, 0.5) is 0 Å². The number of hydrogen-bond acceptors (Lipinski definition) is 4. The van der Waals surface area contributed by atoms with Crippen LogP contribution in [0.2, 0.25) is 0 Å². The van der Waals surface area contributed by atoms with E-state index in [0.717, 1.165) is 0 Å². The number of rotatable bonds is 6. The lowest BCUT2D eigenvalue weighted by Gasteiger charge is -2.00. The molecule has 0 heterocycles. The van der Waals surface area contributed by atoms with Gasteiger partial charge in [-0.2, -0.15) is 0 Å². The third-order valence-electron chi connectivity index (χ3n) is 1.37. The van der Waals surface area contributed by atoms with Crippen molar-refractivity contribution in [1.29, 1.82) is 0 Å². The van der Waals surface area contributed by atoms with E-state index >= 15 is 0 Å². The van der Waals surface area contributed by atoms with Crippen LogP contribution < -0.4 is 5.14 Å². The average Bonchev–Trinajstić information content (AvgIpc) is 1.97. The van der Waals surface area contributed by atoms with Crippen LogP contribution in [0.25, 0.3) is 0 Å². The van der Waals surface area contributed by atoms with Crippen LogP contribution >= 0.6 is 0 Å². The van der Waals surface area contributed by atoms with Crippen LogP contribution in [0.15, 0.2) is 0 Å². The quantitative estimate of drug-likeness (QED) is 0.493. The molecule has 0 aliphatic rings. The smallest absolute Gasteiger partial charge is 0.305 e. The van der Waals surface area contributed by atoms with Gasteiger partial charge in [0.25, 0.3) is 0 Å². The largest absolute Gasteiger partial charge is 0.466 e. The first-order valence-corrected chi connectivity index (χ1v) is 5.83. The van der Waals surface area contributed by atoms with Gasteiger partial charge in [0, 0.05) is 6.42 Å². The van der Waals surface area contributed by atoms with Crippen molar-refractivity contribution in [2.75, 3.05) is 12.4 Å². The van der Waals surface area contributed by atoms with Crippen LogP contribution in [0.5, 0.6) is 0 Å². The second-order valence-electron chi connectivity index (χ2n) is 2.63. The fourth-order valence-electron chi connectivity index (χ4n) is 0.806. The van der Waals surface area contributed by atoms with Gasteiger partial charge in [0.2, 0.25) is 10.0 Å². The van der Waals surface area contributed by atoms with Gasteiger partial charge >= 0.3 is 5.97 Å².